The molecule has 0 atom stereocenters. The Morgan fingerprint density at radius 2 is 1.97 bits per heavy atom. The topological polar surface area (TPSA) is 82.2 Å². The monoisotopic (exact) mass is 422 g/mol. The van der Waals surface area contributed by atoms with Crippen molar-refractivity contribution < 1.29 is 9.21 Å². The van der Waals surface area contributed by atoms with Crippen molar-refractivity contribution in [2.45, 2.75) is 18.9 Å². The maximum atomic E-state index is 12.5. The average molecular weight is 422 g/mol. The predicted octanol–water partition coefficient (Wildman–Crippen LogP) is 5.08. The van der Waals surface area contributed by atoms with Crippen LogP contribution in [0.5, 0.6) is 0 Å². The van der Waals surface area contributed by atoms with E-state index in [-0.39, 0.29) is 11.9 Å². The highest BCUT2D eigenvalue weighted by atomic mass is 16.3. The van der Waals surface area contributed by atoms with Crippen LogP contribution in [-0.4, -0.2) is 34.9 Å². The molecule has 2 aromatic heterocycles. The number of hydrogen-bond donors (Lipinski definition) is 1. The molecule has 1 N–H and O–H groups in total. The van der Waals surface area contributed by atoms with E-state index in [2.05, 4.69) is 28.5 Å². The highest BCUT2D eigenvalue weighted by molar-refractivity contribution is 5.97. The van der Waals surface area contributed by atoms with Gasteiger partial charge in [-0.1, -0.05) is 12.1 Å². The summed E-state index contributed by atoms with van der Waals surface area (Å²) >= 11 is 0. The second-order valence-electron chi connectivity index (χ2n) is 8.00. The Balaban J connectivity index is 1.38. The number of pyridine rings is 1. The standard InChI is InChI=1S/C26H22N4O2/c27-16-18-3-1-4-19(13-18)21-14-20-6-9-28-17-23(20)24(15-21)29-22-7-10-30(11-8-22)26(31)25-5-2-12-32-25/h1-6,9,12-15,17,22,29H,7-8,10-11H2. The third-order valence-corrected chi connectivity index (χ3v) is 5.95. The number of hydrogen-bond acceptors (Lipinski definition) is 5. The minimum atomic E-state index is -0.0533. The number of carbonyl (C=O) groups excluding carboxylic acids is 1. The summed E-state index contributed by atoms with van der Waals surface area (Å²) < 4.78 is 5.26. The third kappa shape index (κ3) is 3.93. The highest BCUT2D eigenvalue weighted by Crippen LogP contribution is 2.32. The van der Waals surface area contributed by atoms with Crippen LogP contribution in [0.4, 0.5) is 5.69 Å². The number of benzene rings is 2. The van der Waals surface area contributed by atoms with Gasteiger partial charge in [0.15, 0.2) is 5.76 Å². The van der Waals surface area contributed by atoms with Gasteiger partial charge in [-0.05, 0) is 71.8 Å². The molecule has 1 aliphatic rings. The second kappa shape index (κ2) is 8.56. The quantitative estimate of drug-likeness (QED) is 0.496. The maximum Gasteiger partial charge on any atom is 0.289 e. The summed E-state index contributed by atoms with van der Waals surface area (Å²) in [6, 6.07) is 19.8. The first kappa shape index (κ1) is 19.8. The molecule has 0 spiro atoms. The van der Waals surface area contributed by atoms with Crippen LogP contribution < -0.4 is 5.32 Å². The normalized spacial score (nSPS) is 14.3. The molecule has 0 aliphatic carbocycles. The number of amides is 1. The number of piperidine rings is 1. The summed E-state index contributed by atoms with van der Waals surface area (Å²) in [5.74, 6) is 0.336. The molecule has 2 aromatic carbocycles. The fourth-order valence-corrected chi connectivity index (χ4v) is 4.26. The van der Waals surface area contributed by atoms with Crippen LogP contribution in [0.15, 0.2) is 77.7 Å². The van der Waals surface area contributed by atoms with E-state index < -0.39 is 0 Å². The Morgan fingerprint density at radius 1 is 1.09 bits per heavy atom. The minimum Gasteiger partial charge on any atom is -0.459 e. The van der Waals surface area contributed by atoms with E-state index in [0.29, 0.717) is 24.4 Å². The fraction of sp³-hybridized carbons (Fsp3) is 0.192. The van der Waals surface area contributed by atoms with Crippen LogP contribution in [0.25, 0.3) is 21.9 Å². The number of aromatic nitrogens is 1. The Labute approximate surface area is 186 Å². The Hall–Kier alpha value is -4.11. The van der Waals surface area contributed by atoms with Gasteiger partial charge in [0.25, 0.3) is 5.91 Å². The summed E-state index contributed by atoms with van der Waals surface area (Å²) in [6.45, 7) is 1.36. The number of furan rings is 1. The zero-order valence-electron chi connectivity index (χ0n) is 17.5. The SMILES string of the molecule is N#Cc1cccc(-c2cc(NC3CCN(C(=O)c4ccco4)CC3)c3cnccc3c2)c1. The molecule has 6 nitrogen and oxygen atoms in total. The Bertz CT molecular complexity index is 1300. The van der Waals surface area contributed by atoms with Gasteiger partial charge >= 0.3 is 0 Å². The zero-order valence-corrected chi connectivity index (χ0v) is 17.5. The molecule has 1 aliphatic heterocycles. The van der Waals surface area contributed by atoms with Gasteiger partial charge < -0.3 is 14.6 Å². The molecular weight excluding hydrogens is 400 g/mol. The van der Waals surface area contributed by atoms with Gasteiger partial charge in [-0.25, -0.2) is 0 Å². The molecule has 32 heavy (non-hydrogen) atoms. The average Bonchev–Trinajstić information content (AvgIpc) is 3.39. The van der Waals surface area contributed by atoms with Crippen molar-refractivity contribution in [1.29, 1.82) is 5.26 Å². The van der Waals surface area contributed by atoms with Gasteiger partial charge in [-0.15, -0.1) is 0 Å². The fourth-order valence-electron chi connectivity index (χ4n) is 4.26. The van der Waals surface area contributed by atoms with Crippen molar-refractivity contribution in [2.24, 2.45) is 0 Å². The maximum absolute atomic E-state index is 12.5. The molecule has 0 unspecified atom stereocenters. The molecule has 1 amide bonds. The summed E-state index contributed by atoms with van der Waals surface area (Å²) in [7, 11) is 0. The lowest BCUT2D eigenvalue weighted by atomic mass is 9.98. The van der Waals surface area contributed by atoms with Crippen LogP contribution in [0, 0.1) is 11.3 Å². The highest BCUT2D eigenvalue weighted by Gasteiger charge is 2.25. The van der Waals surface area contributed by atoms with Crippen molar-refractivity contribution in [3.63, 3.8) is 0 Å². The van der Waals surface area contributed by atoms with Gasteiger partial charge in [-0.3, -0.25) is 9.78 Å². The minimum absolute atomic E-state index is 0.0533. The lowest BCUT2D eigenvalue weighted by Crippen LogP contribution is -2.42. The lowest BCUT2D eigenvalue weighted by molar-refractivity contribution is 0.0686. The third-order valence-electron chi connectivity index (χ3n) is 5.95. The van der Waals surface area contributed by atoms with Gasteiger partial charge in [0, 0.05) is 42.6 Å². The molecule has 6 heteroatoms. The van der Waals surface area contributed by atoms with Gasteiger partial charge in [0.2, 0.25) is 0 Å². The van der Waals surface area contributed by atoms with E-state index in [4.69, 9.17) is 4.42 Å². The number of rotatable bonds is 4. The first-order chi connectivity index (χ1) is 15.7. The van der Waals surface area contributed by atoms with Crippen LogP contribution in [0.3, 0.4) is 0 Å². The Kier molecular flexibility index (Phi) is 5.30. The lowest BCUT2D eigenvalue weighted by Gasteiger charge is -2.32. The van der Waals surface area contributed by atoms with E-state index in [1.165, 1.54) is 6.26 Å². The van der Waals surface area contributed by atoms with Gasteiger partial charge in [-0.2, -0.15) is 5.26 Å². The number of nitriles is 1. The number of carbonyl (C=O) groups is 1. The second-order valence-corrected chi connectivity index (χ2v) is 8.00. The molecule has 0 bridgehead atoms. The largest absolute Gasteiger partial charge is 0.459 e. The molecule has 3 heterocycles. The number of fused-ring (bicyclic) bond motifs is 1. The molecule has 0 saturated carbocycles. The molecule has 158 valence electrons. The first-order valence-corrected chi connectivity index (χ1v) is 10.7. The van der Waals surface area contributed by atoms with E-state index in [0.717, 1.165) is 40.4 Å². The first-order valence-electron chi connectivity index (χ1n) is 10.7. The van der Waals surface area contributed by atoms with Gasteiger partial charge in [0.1, 0.15) is 0 Å². The summed E-state index contributed by atoms with van der Waals surface area (Å²) in [5.41, 5.74) is 3.71. The predicted molar refractivity (Wildman–Crippen MR) is 123 cm³/mol. The molecule has 1 fully saturated rings. The van der Waals surface area contributed by atoms with Crippen LogP contribution >= 0.6 is 0 Å². The number of nitrogens with zero attached hydrogens (tertiary/aromatic N) is 3. The molecule has 1 saturated heterocycles. The van der Waals surface area contributed by atoms with Crippen molar-refractivity contribution in [2.75, 3.05) is 18.4 Å². The van der Waals surface area contributed by atoms with Crippen LogP contribution in [0.2, 0.25) is 0 Å². The zero-order chi connectivity index (χ0) is 21.9. The van der Waals surface area contributed by atoms with Gasteiger partial charge in [0.05, 0.1) is 17.9 Å². The van der Waals surface area contributed by atoms with Crippen LogP contribution in [0.1, 0.15) is 29.0 Å². The van der Waals surface area contributed by atoms with E-state index in [9.17, 15) is 10.1 Å². The molecular formula is C26H22N4O2. The molecule has 4 aromatic rings. The van der Waals surface area contributed by atoms with Crippen molar-refractivity contribution in [3.05, 3.63) is 84.6 Å². The van der Waals surface area contributed by atoms with Crippen molar-refractivity contribution >= 4 is 22.4 Å². The summed E-state index contributed by atoms with van der Waals surface area (Å²) in [5, 5.41) is 15.1. The number of anilines is 1. The van der Waals surface area contributed by atoms with E-state index >= 15 is 0 Å². The summed E-state index contributed by atoms with van der Waals surface area (Å²) in [6.07, 6.45) is 6.90. The molecule has 5 rings (SSSR count). The molecule has 0 radical (unpaired) electrons. The van der Waals surface area contributed by atoms with Crippen molar-refractivity contribution in [3.8, 4) is 17.2 Å². The van der Waals surface area contributed by atoms with E-state index in [1.54, 1.807) is 18.3 Å². The summed E-state index contributed by atoms with van der Waals surface area (Å²) in [4.78, 5) is 18.7. The van der Waals surface area contributed by atoms with Crippen LogP contribution in [-0.2, 0) is 0 Å². The number of nitrogens with one attached hydrogen (secondary N) is 1. The van der Waals surface area contributed by atoms with Crippen molar-refractivity contribution in [1.82, 2.24) is 9.88 Å². The number of likely N-dealkylation sites (tertiary alicyclic amines) is 1. The van der Waals surface area contributed by atoms with E-state index in [1.807, 2.05) is 41.4 Å². The Morgan fingerprint density at radius 3 is 2.75 bits per heavy atom. The smallest absolute Gasteiger partial charge is 0.289 e.